The average molecular weight is 560 g/mol. The van der Waals surface area contributed by atoms with Gasteiger partial charge in [0, 0.05) is 40.2 Å². The van der Waals surface area contributed by atoms with E-state index < -0.39 is 45.9 Å². The minimum absolute atomic E-state index is 0.00000597. The van der Waals surface area contributed by atoms with Crippen LogP contribution in [0.2, 0.25) is 0 Å². The summed E-state index contributed by atoms with van der Waals surface area (Å²) >= 11 is 0. The zero-order valence-electron chi connectivity index (χ0n) is 25.2. The van der Waals surface area contributed by atoms with E-state index in [1.807, 2.05) is 34.7 Å². The lowest BCUT2D eigenvalue weighted by atomic mass is 9.42. The predicted octanol–water partition coefficient (Wildman–Crippen LogP) is 3.43. The second-order valence-electron chi connectivity index (χ2n) is 14.2. The quantitative estimate of drug-likeness (QED) is 0.285. The third-order valence-corrected chi connectivity index (χ3v) is 12.2. The summed E-state index contributed by atoms with van der Waals surface area (Å²) in [7, 11) is 1.86. The number of hydrogen-bond acceptors (Lipinski definition) is 7. The molecule has 0 aromatic rings. The fourth-order valence-corrected chi connectivity index (χ4v) is 9.70. The number of aliphatic hydroxyl groups is 3. The molecule has 0 aromatic carbocycles. The maximum atomic E-state index is 14.3. The molecule has 4 aliphatic rings. The number of fused-ring (bicyclic) bond motifs is 4. The van der Waals surface area contributed by atoms with Crippen molar-refractivity contribution in [2.24, 2.45) is 39.4 Å². The van der Waals surface area contributed by atoms with E-state index in [0.717, 1.165) is 0 Å². The molecular weight excluding hydrogens is 510 g/mol. The van der Waals surface area contributed by atoms with E-state index in [0.29, 0.717) is 56.2 Å². The molecule has 8 nitrogen and oxygen atoms in total. The Morgan fingerprint density at radius 1 is 1.15 bits per heavy atom. The molecule has 2 fully saturated rings. The Bertz CT molecular complexity index is 1140. The number of carbonyl (C=O) groups excluding carboxylic acids is 2. The lowest BCUT2D eigenvalue weighted by Crippen LogP contribution is -2.61. The van der Waals surface area contributed by atoms with E-state index in [2.05, 4.69) is 12.2 Å². The van der Waals surface area contributed by atoms with Gasteiger partial charge < -0.3 is 25.7 Å². The van der Waals surface area contributed by atoms with E-state index in [-0.39, 0.29) is 41.3 Å². The monoisotopic (exact) mass is 559 g/mol. The Kier molecular flexibility index (Phi) is 8.11. The summed E-state index contributed by atoms with van der Waals surface area (Å²) in [6, 6.07) is 0. The molecule has 0 amide bonds. The van der Waals surface area contributed by atoms with Gasteiger partial charge in [0.2, 0.25) is 0 Å². The maximum Gasteiger partial charge on any atom is 0.331 e. The van der Waals surface area contributed by atoms with E-state index in [4.69, 9.17) is 0 Å². The van der Waals surface area contributed by atoms with Crippen LogP contribution in [-0.4, -0.2) is 69.9 Å². The zero-order chi connectivity index (χ0) is 30.0. The Morgan fingerprint density at radius 3 is 2.40 bits per heavy atom. The smallest absolute Gasteiger partial charge is 0.331 e. The fraction of sp³-hybridized carbons (Fsp3) is 0.781. The van der Waals surface area contributed by atoms with E-state index in [9.17, 15) is 34.8 Å². The number of Topliss-reactive ketones (excluding diaryl/α,β-unsaturated/α-hetero) is 2. The first-order chi connectivity index (χ1) is 18.5. The lowest BCUT2D eigenvalue weighted by molar-refractivity contribution is -0.148. The lowest BCUT2D eigenvalue weighted by Gasteiger charge is -2.61. The molecule has 0 saturated heterocycles. The molecule has 8 heteroatoms. The fourth-order valence-electron chi connectivity index (χ4n) is 9.70. The summed E-state index contributed by atoms with van der Waals surface area (Å²) in [5.41, 5.74) is -1.33. The highest BCUT2D eigenvalue weighted by Gasteiger charge is 2.70. The average Bonchev–Trinajstić information content (AvgIpc) is 3.07. The molecular formula is C32H49NO7. The SMILES string of the molecule is CNCC[C@]1(C)C(=O)CC[C@]2(C)C3=C([C@H](O)C[C@H]12)[C@]1(C)[C@@H](O)C[C@H]([C@H](C)C[C@H](O)/C=C(\C)C(=O)O)[C@@]1(C)CC3=O. The predicted molar refractivity (Wildman–Crippen MR) is 151 cm³/mol. The Labute approximate surface area is 238 Å². The first kappa shape index (κ1) is 31.1. The van der Waals surface area contributed by atoms with E-state index in [1.54, 1.807) is 0 Å². The number of allylic oxidation sites excluding steroid dienone is 1. The highest BCUT2D eigenvalue weighted by atomic mass is 16.4. The van der Waals surface area contributed by atoms with Crippen molar-refractivity contribution in [3.8, 4) is 0 Å². The molecule has 0 aromatic heterocycles. The molecule has 5 N–H and O–H groups in total. The zero-order valence-corrected chi connectivity index (χ0v) is 25.2. The molecule has 0 bridgehead atoms. The number of rotatable bonds is 8. The number of aliphatic carboxylic acids is 1. The summed E-state index contributed by atoms with van der Waals surface area (Å²) in [5.74, 6) is -1.28. The van der Waals surface area contributed by atoms with Gasteiger partial charge in [-0.25, -0.2) is 4.79 Å². The minimum Gasteiger partial charge on any atom is -0.478 e. The third kappa shape index (κ3) is 4.36. The molecule has 4 aliphatic carbocycles. The number of carboxylic acids is 1. The van der Waals surface area contributed by atoms with Crippen LogP contribution in [0.15, 0.2) is 22.8 Å². The van der Waals surface area contributed by atoms with Crippen molar-refractivity contribution in [1.82, 2.24) is 5.32 Å². The Hall–Kier alpha value is -1.87. The highest BCUT2D eigenvalue weighted by molar-refractivity contribution is 6.01. The summed E-state index contributed by atoms with van der Waals surface area (Å²) in [4.78, 5) is 38.8. The Balaban J connectivity index is 1.77. The van der Waals surface area contributed by atoms with Crippen LogP contribution in [-0.2, 0) is 14.4 Å². The first-order valence-corrected chi connectivity index (χ1v) is 14.9. The molecule has 2 saturated carbocycles. The van der Waals surface area contributed by atoms with E-state index in [1.165, 1.54) is 13.0 Å². The normalized spacial score (nSPS) is 43.2. The molecule has 4 rings (SSSR count). The summed E-state index contributed by atoms with van der Waals surface area (Å²) < 4.78 is 0. The second-order valence-corrected chi connectivity index (χ2v) is 14.2. The van der Waals surface area contributed by atoms with E-state index >= 15 is 0 Å². The second kappa shape index (κ2) is 10.4. The standard InChI is InChI=1S/C32H49NO7/c1-17(12-19(34)13-18(2)28(39)40)20-14-25(38)32(6)27-21(35)15-23-29(3,10-11-33-7)24(37)8-9-30(23,4)26(27)22(36)16-31(20,32)5/h13,17,19-21,23,25,33-35,38H,8-12,14-16H2,1-7H3,(H,39,40)/b18-13+/t17-,19+,20-,21-,23-,25+,29+,30+,31-,32+/m1/s1. The molecule has 0 spiro atoms. The van der Waals surface area contributed by atoms with Crippen molar-refractivity contribution in [3.05, 3.63) is 22.8 Å². The molecule has 10 atom stereocenters. The van der Waals surface area contributed by atoms with Gasteiger partial charge in [0.15, 0.2) is 5.78 Å². The van der Waals surface area contributed by atoms with Crippen molar-refractivity contribution in [3.63, 3.8) is 0 Å². The number of ketones is 2. The number of aliphatic hydroxyl groups excluding tert-OH is 3. The van der Waals surface area contributed by atoms with Gasteiger partial charge in [-0.15, -0.1) is 0 Å². The first-order valence-electron chi connectivity index (χ1n) is 14.9. The van der Waals surface area contributed by atoms with Gasteiger partial charge in [-0.3, -0.25) is 9.59 Å². The van der Waals surface area contributed by atoms with Crippen LogP contribution in [0.1, 0.15) is 86.5 Å². The maximum absolute atomic E-state index is 14.3. The summed E-state index contributed by atoms with van der Waals surface area (Å²) in [5, 5.41) is 46.6. The molecule has 0 radical (unpaired) electrons. The van der Waals surface area contributed by atoms with Gasteiger partial charge in [0.25, 0.3) is 0 Å². The van der Waals surface area contributed by atoms with Crippen molar-refractivity contribution in [1.29, 1.82) is 0 Å². The molecule has 224 valence electrons. The van der Waals surface area contributed by atoms with Crippen LogP contribution in [0.5, 0.6) is 0 Å². The van der Waals surface area contributed by atoms with Crippen LogP contribution >= 0.6 is 0 Å². The number of carbonyl (C=O) groups is 3. The van der Waals surface area contributed by atoms with Crippen LogP contribution in [0.4, 0.5) is 0 Å². The van der Waals surface area contributed by atoms with Gasteiger partial charge in [-0.05, 0) is 87.4 Å². The van der Waals surface area contributed by atoms with Gasteiger partial charge >= 0.3 is 5.97 Å². The van der Waals surface area contributed by atoms with Crippen molar-refractivity contribution >= 4 is 17.5 Å². The highest BCUT2D eigenvalue weighted by Crippen LogP contribution is 2.71. The number of carboxylic acid groups (broad SMARTS) is 1. The van der Waals surface area contributed by atoms with Crippen LogP contribution in [0.3, 0.4) is 0 Å². The third-order valence-electron chi connectivity index (χ3n) is 12.2. The topological polar surface area (TPSA) is 144 Å². The van der Waals surface area contributed by atoms with Crippen molar-refractivity contribution in [2.75, 3.05) is 13.6 Å². The van der Waals surface area contributed by atoms with Crippen molar-refractivity contribution in [2.45, 2.75) is 105 Å². The molecule has 0 unspecified atom stereocenters. The van der Waals surface area contributed by atoms with Gasteiger partial charge in [-0.2, -0.15) is 0 Å². The largest absolute Gasteiger partial charge is 0.478 e. The minimum atomic E-state index is -1.08. The number of hydrogen-bond donors (Lipinski definition) is 5. The molecule has 0 heterocycles. The van der Waals surface area contributed by atoms with Crippen molar-refractivity contribution < 1.29 is 34.8 Å². The van der Waals surface area contributed by atoms with Gasteiger partial charge in [-0.1, -0.05) is 34.6 Å². The summed E-state index contributed by atoms with van der Waals surface area (Å²) in [6.45, 7) is 12.2. The molecule has 40 heavy (non-hydrogen) atoms. The van der Waals surface area contributed by atoms with Crippen LogP contribution in [0, 0.1) is 39.4 Å². The summed E-state index contributed by atoms with van der Waals surface area (Å²) in [6.07, 6.45) is 1.61. The van der Waals surface area contributed by atoms with Gasteiger partial charge in [0.1, 0.15) is 5.78 Å². The van der Waals surface area contributed by atoms with Crippen LogP contribution in [0.25, 0.3) is 0 Å². The van der Waals surface area contributed by atoms with Gasteiger partial charge in [0.05, 0.1) is 18.3 Å². The van der Waals surface area contributed by atoms with Crippen LogP contribution < -0.4 is 5.32 Å². The Morgan fingerprint density at radius 2 is 1.80 bits per heavy atom. The number of nitrogens with one attached hydrogen (secondary N) is 1. The molecule has 0 aliphatic heterocycles.